The van der Waals surface area contributed by atoms with Gasteiger partial charge in [-0.15, -0.1) is 0 Å². The molecule has 2 aliphatic heterocycles. The molecule has 2 saturated heterocycles. The minimum absolute atomic E-state index is 0.192. The molecule has 1 aromatic rings. The molecule has 4 heteroatoms. The molecule has 0 aromatic heterocycles. The Morgan fingerprint density at radius 2 is 1.70 bits per heavy atom. The van der Waals surface area contributed by atoms with Crippen molar-refractivity contribution in [2.45, 2.75) is 76.6 Å². The van der Waals surface area contributed by atoms with Gasteiger partial charge in [0.1, 0.15) is 0 Å². The van der Waals surface area contributed by atoms with Gasteiger partial charge in [0.25, 0.3) is 0 Å². The van der Waals surface area contributed by atoms with Crippen molar-refractivity contribution in [3.05, 3.63) is 29.3 Å². The first kappa shape index (κ1) is 15.7. The highest BCUT2D eigenvalue weighted by Crippen LogP contribution is 2.42. The fourth-order valence-corrected chi connectivity index (χ4v) is 3.55. The average Bonchev–Trinajstić information content (AvgIpc) is 3.14. The van der Waals surface area contributed by atoms with Gasteiger partial charge in [0, 0.05) is 6.61 Å². The lowest BCUT2D eigenvalue weighted by molar-refractivity contribution is 0.00578. The van der Waals surface area contributed by atoms with Gasteiger partial charge in [-0.2, -0.15) is 0 Å². The molecule has 1 atom stereocenters. The zero-order chi connectivity index (χ0) is 16.2. The second-order valence-corrected chi connectivity index (χ2v) is 8.25. The van der Waals surface area contributed by atoms with Crippen molar-refractivity contribution in [2.75, 3.05) is 6.61 Å². The smallest absolute Gasteiger partial charge is 0.399 e. The molecular formula is C19H27BO3. The number of hydrogen-bond donors (Lipinski definition) is 0. The van der Waals surface area contributed by atoms with E-state index in [4.69, 9.17) is 14.0 Å². The molecule has 1 saturated carbocycles. The van der Waals surface area contributed by atoms with Crippen LogP contribution in [0.15, 0.2) is 18.2 Å². The summed E-state index contributed by atoms with van der Waals surface area (Å²) in [7, 11) is -0.294. The summed E-state index contributed by atoms with van der Waals surface area (Å²) in [6, 6.07) is 6.85. The lowest BCUT2D eigenvalue weighted by atomic mass is 9.73. The summed E-state index contributed by atoms with van der Waals surface area (Å²) in [6.45, 7) is 9.32. The molecule has 124 valence electrons. The van der Waals surface area contributed by atoms with E-state index in [1.165, 1.54) is 29.4 Å². The maximum atomic E-state index is 6.33. The molecule has 0 radical (unpaired) electrons. The van der Waals surface area contributed by atoms with Gasteiger partial charge in [0.15, 0.2) is 0 Å². The Labute approximate surface area is 139 Å². The second-order valence-electron chi connectivity index (χ2n) is 8.25. The zero-order valence-electron chi connectivity index (χ0n) is 14.7. The Morgan fingerprint density at radius 1 is 1.00 bits per heavy atom. The van der Waals surface area contributed by atoms with Gasteiger partial charge in [0.2, 0.25) is 0 Å². The third-order valence-electron chi connectivity index (χ3n) is 5.94. The Morgan fingerprint density at radius 3 is 2.26 bits per heavy atom. The van der Waals surface area contributed by atoms with Crippen molar-refractivity contribution in [1.82, 2.24) is 0 Å². The van der Waals surface area contributed by atoms with Crippen LogP contribution in [0.3, 0.4) is 0 Å². The van der Waals surface area contributed by atoms with Crippen molar-refractivity contribution in [1.29, 1.82) is 0 Å². The lowest BCUT2D eigenvalue weighted by Crippen LogP contribution is -2.41. The Balaban J connectivity index is 1.71. The average molecular weight is 314 g/mol. The van der Waals surface area contributed by atoms with Crippen molar-refractivity contribution in [3.8, 4) is 0 Å². The third kappa shape index (κ3) is 2.75. The van der Waals surface area contributed by atoms with Crippen molar-refractivity contribution < 1.29 is 14.0 Å². The molecule has 23 heavy (non-hydrogen) atoms. The van der Waals surface area contributed by atoms with Crippen LogP contribution in [-0.4, -0.2) is 24.9 Å². The first-order valence-electron chi connectivity index (χ1n) is 8.98. The van der Waals surface area contributed by atoms with Gasteiger partial charge in [-0.1, -0.05) is 18.2 Å². The fourth-order valence-electron chi connectivity index (χ4n) is 3.55. The van der Waals surface area contributed by atoms with E-state index in [9.17, 15) is 0 Å². The van der Waals surface area contributed by atoms with Crippen LogP contribution in [0.25, 0.3) is 0 Å². The Bertz CT molecular complexity index is 585. The summed E-state index contributed by atoms with van der Waals surface area (Å²) >= 11 is 0. The molecule has 0 N–H and O–H groups in total. The van der Waals surface area contributed by atoms with Crippen LogP contribution in [0.4, 0.5) is 0 Å². The van der Waals surface area contributed by atoms with Gasteiger partial charge >= 0.3 is 7.12 Å². The van der Waals surface area contributed by atoms with Crippen LogP contribution in [0.2, 0.25) is 0 Å². The molecule has 1 unspecified atom stereocenters. The predicted molar refractivity (Wildman–Crippen MR) is 92.1 cm³/mol. The molecule has 2 heterocycles. The third-order valence-corrected chi connectivity index (χ3v) is 5.94. The van der Waals surface area contributed by atoms with Crippen LogP contribution in [-0.2, 0) is 14.0 Å². The largest absolute Gasteiger partial charge is 0.495 e. The van der Waals surface area contributed by atoms with E-state index in [1.807, 2.05) is 0 Å². The first-order valence-corrected chi connectivity index (χ1v) is 8.98. The predicted octanol–water partition coefficient (Wildman–Crippen LogP) is 3.71. The molecule has 1 aromatic carbocycles. The number of ether oxygens (including phenoxy) is 1. The molecule has 0 bridgehead atoms. The molecule has 0 amide bonds. The van der Waals surface area contributed by atoms with E-state index in [-0.39, 0.29) is 24.4 Å². The summed E-state index contributed by atoms with van der Waals surface area (Å²) in [5.74, 6) is 0.731. The van der Waals surface area contributed by atoms with E-state index in [2.05, 4.69) is 45.9 Å². The van der Waals surface area contributed by atoms with Crippen LogP contribution < -0.4 is 5.46 Å². The Hall–Kier alpha value is -0.835. The fraction of sp³-hybridized carbons (Fsp3) is 0.684. The maximum absolute atomic E-state index is 6.33. The lowest BCUT2D eigenvalue weighted by Gasteiger charge is -2.32. The summed E-state index contributed by atoms with van der Waals surface area (Å²) in [5, 5.41) is 0. The first-order chi connectivity index (χ1) is 10.9. The SMILES string of the molecule is CC1(C)OB(c2cc(C3CC3)ccc2C2CCCO2)OC1(C)C. The monoisotopic (exact) mass is 314 g/mol. The van der Waals surface area contributed by atoms with Gasteiger partial charge in [-0.3, -0.25) is 0 Å². The molecular weight excluding hydrogens is 287 g/mol. The summed E-state index contributed by atoms with van der Waals surface area (Å²) in [4.78, 5) is 0. The zero-order valence-corrected chi connectivity index (χ0v) is 14.7. The molecule has 3 nitrogen and oxygen atoms in total. The quantitative estimate of drug-likeness (QED) is 0.796. The van der Waals surface area contributed by atoms with Crippen LogP contribution in [0.5, 0.6) is 0 Å². The summed E-state index contributed by atoms with van der Waals surface area (Å²) in [5.41, 5.74) is 3.25. The molecule has 4 rings (SSSR count). The Kier molecular flexibility index (Phi) is 3.64. The van der Waals surface area contributed by atoms with Crippen LogP contribution in [0, 0.1) is 0 Å². The minimum atomic E-state index is -0.305. The van der Waals surface area contributed by atoms with Gasteiger partial charge in [-0.05, 0) is 75.9 Å². The van der Waals surface area contributed by atoms with Crippen molar-refractivity contribution in [3.63, 3.8) is 0 Å². The van der Waals surface area contributed by atoms with E-state index in [0.717, 1.165) is 25.4 Å². The van der Waals surface area contributed by atoms with Crippen LogP contribution >= 0.6 is 0 Å². The highest BCUT2D eigenvalue weighted by molar-refractivity contribution is 6.62. The normalized spacial score (nSPS) is 29.2. The maximum Gasteiger partial charge on any atom is 0.495 e. The van der Waals surface area contributed by atoms with E-state index in [1.54, 1.807) is 0 Å². The van der Waals surface area contributed by atoms with Crippen molar-refractivity contribution in [2.24, 2.45) is 0 Å². The second kappa shape index (κ2) is 5.33. The van der Waals surface area contributed by atoms with E-state index in [0.29, 0.717) is 0 Å². The van der Waals surface area contributed by atoms with Gasteiger partial charge in [0.05, 0.1) is 17.3 Å². The van der Waals surface area contributed by atoms with Gasteiger partial charge in [-0.25, -0.2) is 0 Å². The van der Waals surface area contributed by atoms with E-state index >= 15 is 0 Å². The highest BCUT2D eigenvalue weighted by atomic mass is 16.7. The minimum Gasteiger partial charge on any atom is -0.399 e. The summed E-state index contributed by atoms with van der Waals surface area (Å²) < 4.78 is 18.6. The molecule has 0 spiro atoms. The van der Waals surface area contributed by atoms with E-state index < -0.39 is 0 Å². The molecule has 3 fully saturated rings. The number of hydrogen-bond acceptors (Lipinski definition) is 3. The van der Waals surface area contributed by atoms with Gasteiger partial charge < -0.3 is 14.0 Å². The molecule has 1 aliphatic carbocycles. The molecule has 3 aliphatic rings. The highest BCUT2D eigenvalue weighted by Gasteiger charge is 2.52. The van der Waals surface area contributed by atoms with Crippen molar-refractivity contribution >= 4 is 12.6 Å². The topological polar surface area (TPSA) is 27.7 Å². The van der Waals surface area contributed by atoms with Crippen LogP contribution in [0.1, 0.15) is 76.5 Å². The number of benzene rings is 1. The number of rotatable bonds is 3. The standard InChI is InChI=1S/C19H27BO3/c1-18(2)19(3,4)23-20(22-18)16-12-14(13-7-8-13)9-10-15(16)17-6-5-11-21-17/h9-10,12-13,17H,5-8,11H2,1-4H3. The summed E-state index contributed by atoms with van der Waals surface area (Å²) in [6.07, 6.45) is 5.04.